The molecule has 0 aromatic rings. The average Bonchev–Trinajstić information content (AvgIpc) is 2.66. The van der Waals surface area contributed by atoms with Gasteiger partial charge in [0, 0.05) is 18.4 Å². The highest BCUT2D eigenvalue weighted by Gasteiger charge is 2.42. The van der Waals surface area contributed by atoms with Crippen molar-refractivity contribution < 1.29 is 13.5 Å². The molecule has 3 rings (SSSR count). The first-order chi connectivity index (χ1) is 8.18. The molecule has 2 nitrogen and oxygen atoms in total. The van der Waals surface area contributed by atoms with Gasteiger partial charge in [0.1, 0.15) is 11.9 Å². The van der Waals surface area contributed by atoms with Gasteiger partial charge in [-0.3, -0.25) is 0 Å². The SMILES string of the molecule is C1=CCC2C(=C1)OC1CNCCC12.CC(F)F. The lowest BCUT2D eigenvalue weighted by atomic mass is 9.81. The number of hydrogen-bond donors (Lipinski definition) is 1. The zero-order valence-corrected chi connectivity index (χ0v) is 10.0. The molecule has 3 aliphatic rings. The summed E-state index contributed by atoms with van der Waals surface area (Å²) in [5.41, 5.74) is 0. The Labute approximate surface area is 101 Å². The predicted octanol–water partition coefficient (Wildman–Crippen LogP) is 2.73. The van der Waals surface area contributed by atoms with E-state index in [0.717, 1.165) is 25.9 Å². The summed E-state index contributed by atoms with van der Waals surface area (Å²) in [6.45, 7) is 3.04. The van der Waals surface area contributed by atoms with Gasteiger partial charge in [-0.05, 0) is 32.4 Å². The van der Waals surface area contributed by atoms with Gasteiger partial charge >= 0.3 is 0 Å². The molecule has 2 fully saturated rings. The van der Waals surface area contributed by atoms with E-state index < -0.39 is 6.43 Å². The Kier molecular flexibility index (Phi) is 4.15. The fourth-order valence-corrected chi connectivity index (χ4v) is 2.75. The van der Waals surface area contributed by atoms with E-state index in [1.165, 1.54) is 18.6 Å². The largest absolute Gasteiger partial charge is 0.493 e. The molecule has 2 saturated heterocycles. The van der Waals surface area contributed by atoms with E-state index in [4.69, 9.17) is 4.74 Å². The van der Waals surface area contributed by atoms with Crippen LogP contribution in [-0.2, 0) is 4.74 Å². The molecule has 0 aromatic heterocycles. The number of fused-ring (bicyclic) bond motifs is 3. The van der Waals surface area contributed by atoms with Crippen LogP contribution in [0.5, 0.6) is 0 Å². The third-order valence-corrected chi connectivity index (χ3v) is 3.43. The van der Waals surface area contributed by atoms with Crippen LogP contribution in [0.25, 0.3) is 0 Å². The van der Waals surface area contributed by atoms with Crippen molar-refractivity contribution in [1.82, 2.24) is 5.32 Å². The Morgan fingerprint density at radius 2 is 2.24 bits per heavy atom. The van der Waals surface area contributed by atoms with Gasteiger partial charge in [0.05, 0.1) is 0 Å². The molecule has 0 saturated carbocycles. The van der Waals surface area contributed by atoms with E-state index >= 15 is 0 Å². The van der Waals surface area contributed by atoms with Crippen LogP contribution in [0.3, 0.4) is 0 Å². The number of hydrogen-bond acceptors (Lipinski definition) is 2. The fraction of sp³-hybridized carbons (Fsp3) is 0.692. The van der Waals surface area contributed by atoms with Crippen LogP contribution < -0.4 is 5.32 Å². The minimum absolute atomic E-state index is 0.449. The number of rotatable bonds is 0. The quantitative estimate of drug-likeness (QED) is 0.706. The molecule has 3 atom stereocenters. The van der Waals surface area contributed by atoms with Crippen molar-refractivity contribution in [2.45, 2.75) is 32.3 Å². The van der Waals surface area contributed by atoms with E-state index in [1.54, 1.807) is 0 Å². The summed E-state index contributed by atoms with van der Waals surface area (Å²) in [5.74, 6) is 2.70. The maximum atomic E-state index is 10.3. The lowest BCUT2D eigenvalue weighted by molar-refractivity contribution is 0.108. The van der Waals surface area contributed by atoms with Crippen LogP contribution >= 0.6 is 0 Å². The summed E-state index contributed by atoms with van der Waals surface area (Å²) in [4.78, 5) is 0. The van der Waals surface area contributed by atoms with Crippen molar-refractivity contribution in [3.63, 3.8) is 0 Å². The maximum Gasteiger partial charge on any atom is 0.235 e. The van der Waals surface area contributed by atoms with E-state index in [0.29, 0.717) is 12.0 Å². The minimum Gasteiger partial charge on any atom is -0.493 e. The second kappa shape index (κ2) is 5.63. The lowest BCUT2D eigenvalue weighted by Crippen LogP contribution is -2.39. The zero-order chi connectivity index (χ0) is 12.3. The van der Waals surface area contributed by atoms with Crippen LogP contribution in [0, 0.1) is 11.8 Å². The number of ether oxygens (including phenoxy) is 1. The predicted molar refractivity (Wildman–Crippen MR) is 62.9 cm³/mol. The van der Waals surface area contributed by atoms with Crippen LogP contribution in [0.1, 0.15) is 19.8 Å². The van der Waals surface area contributed by atoms with Crippen molar-refractivity contribution in [1.29, 1.82) is 0 Å². The number of allylic oxidation sites excluding steroid dienone is 4. The summed E-state index contributed by atoms with van der Waals surface area (Å²) in [7, 11) is 0. The van der Waals surface area contributed by atoms with E-state index in [9.17, 15) is 8.78 Å². The van der Waals surface area contributed by atoms with Crippen molar-refractivity contribution in [3.05, 3.63) is 24.0 Å². The molecule has 0 amide bonds. The molecule has 4 heteroatoms. The third kappa shape index (κ3) is 3.06. The Bertz CT molecular complexity index is 312. The fourth-order valence-electron chi connectivity index (χ4n) is 2.75. The number of alkyl halides is 2. The monoisotopic (exact) mass is 243 g/mol. The van der Waals surface area contributed by atoms with Crippen LogP contribution in [-0.4, -0.2) is 25.6 Å². The van der Waals surface area contributed by atoms with Crippen molar-refractivity contribution in [2.24, 2.45) is 11.8 Å². The van der Waals surface area contributed by atoms with Gasteiger partial charge in [-0.15, -0.1) is 0 Å². The van der Waals surface area contributed by atoms with Gasteiger partial charge in [0.2, 0.25) is 6.43 Å². The van der Waals surface area contributed by atoms with Gasteiger partial charge in [-0.2, -0.15) is 0 Å². The maximum absolute atomic E-state index is 10.3. The van der Waals surface area contributed by atoms with Crippen molar-refractivity contribution in [2.75, 3.05) is 13.1 Å². The second-order valence-corrected chi connectivity index (χ2v) is 4.67. The molecule has 1 N–H and O–H groups in total. The number of halogens is 2. The Balaban J connectivity index is 0.000000239. The molecule has 0 spiro atoms. The summed E-state index contributed by atoms with van der Waals surface area (Å²) in [6, 6.07) is 0. The normalized spacial score (nSPS) is 34.1. The molecular weight excluding hydrogens is 224 g/mol. The third-order valence-electron chi connectivity index (χ3n) is 3.43. The van der Waals surface area contributed by atoms with E-state index in [1.807, 2.05) is 0 Å². The molecule has 0 bridgehead atoms. The molecule has 1 aliphatic carbocycles. The number of nitrogens with one attached hydrogen (secondary N) is 1. The highest BCUT2D eigenvalue weighted by molar-refractivity contribution is 5.21. The highest BCUT2D eigenvalue weighted by Crippen LogP contribution is 2.42. The first-order valence-corrected chi connectivity index (χ1v) is 6.20. The molecule has 96 valence electrons. The highest BCUT2D eigenvalue weighted by atomic mass is 19.3. The van der Waals surface area contributed by atoms with Crippen molar-refractivity contribution in [3.8, 4) is 0 Å². The second-order valence-electron chi connectivity index (χ2n) is 4.67. The smallest absolute Gasteiger partial charge is 0.235 e. The first kappa shape index (κ1) is 12.6. The minimum atomic E-state index is -2.17. The molecule has 0 aromatic carbocycles. The number of piperidine rings is 1. The Morgan fingerprint density at radius 1 is 1.47 bits per heavy atom. The van der Waals surface area contributed by atoms with Gasteiger partial charge in [0.25, 0.3) is 0 Å². The average molecular weight is 243 g/mol. The van der Waals surface area contributed by atoms with Crippen LogP contribution in [0.4, 0.5) is 8.78 Å². The zero-order valence-electron chi connectivity index (χ0n) is 10.0. The van der Waals surface area contributed by atoms with Gasteiger partial charge < -0.3 is 10.1 Å². The lowest BCUT2D eigenvalue weighted by Gasteiger charge is -2.26. The van der Waals surface area contributed by atoms with E-state index in [2.05, 4.69) is 23.5 Å². The molecule has 2 heterocycles. The first-order valence-electron chi connectivity index (χ1n) is 6.20. The molecule has 3 unspecified atom stereocenters. The summed E-state index contributed by atoms with van der Waals surface area (Å²) in [6.07, 6.45) is 7.28. The Morgan fingerprint density at radius 3 is 3.00 bits per heavy atom. The summed E-state index contributed by atoms with van der Waals surface area (Å²) >= 11 is 0. The van der Waals surface area contributed by atoms with Gasteiger partial charge in [-0.25, -0.2) is 8.78 Å². The molecular formula is C13H19F2NO. The van der Waals surface area contributed by atoms with E-state index in [-0.39, 0.29) is 0 Å². The summed E-state index contributed by atoms with van der Waals surface area (Å²) < 4.78 is 26.6. The van der Waals surface area contributed by atoms with Gasteiger partial charge in [0.15, 0.2) is 0 Å². The molecule has 2 aliphatic heterocycles. The molecule has 17 heavy (non-hydrogen) atoms. The molecule has 0 radical (unpaired) electrons. The van der Waals surface area contributed by atoms with Crippen LogP contribution in [0.2, 0.25) is 0 Å². The van der Waals surface area contributed by atoms with Gasteiger partial charge in [-0.1, -0.05) is 12.2 Å². The van der Waals surface area contributed by atoms with Crippen molar-refractivity contribution >= 4 is 0 Å². The van der Waals surface area contributed by atoms with Crippen LogP contribution in [0.15, 0.2) is 24.0 Å². The summed E-state index contributed by atoms with van der Waals surface area (Å²) in [5, 5.41) is 3.39. The standard InChI is InChI=1S/C11H15NO.C2H4F2/c1-2-4-10-8(3-1)9-5-6-12-7-11(9)13-10;1-2(3)4/h1-2,4,8-9,11-12H,3,5-7H2;2H,1H3. The Hall–Kier alpha value is -0.900. The topological polar surface area (TPSA) is 21.3 Å².